The van der Waals surface area contributed by atoms with Gasteiger partial charge in [-0.15, -0.1) is 0 Å². The molecule has 2 N–H and O–H groups in total. The van der Waals surface area contributed by atoms with Crippen molar-refractivity contribution in [1.29, 1.82) is 0 Å². The Morgan fingerprint density at radius 3 is 2.76 bits per heavy atom. The third kappa shape index (κ3) is 4.21. The molecule has 0 amide bonds. The molecule has 0 atom stereocenters. The number of benzene rings is 1. The predicted molar refractivity (Wildman–Crippen MR) is 74.1 cm³/mol. The molecular formula is C12H15BrClNO2. The Bertz CT molecular complexity index is 410. The molecular weight excluding hydrogens is 305 g/mol. The van der Waals surface area contributed by atoms with E-state index in [1.165, 1.54) is 0 Å². The van der Waals surface area contributed by atoms with E-state index in [0.717, 1.165) is 25.8 Å². The van der Waals surface area contributed by atoms with Gasteiger partial charge in [0.05, 0.1) is 16.3 Å². The first-order valence-corrected chi connectivity index (χ1v) is 6.69. The second-order valence-corrected chi connectivity index (χ2v) is 5.07. The topological polar surface area (TPSA) is 49.3 Å². The number of rotatable bonds is 6. The minimum Gasteiger partial charge on any atom is -0.478 e. The smallest absolute Gasteiger partial charge is 0.337 e. The van der Waals surface area contributed by atoms with Crippen molar-refractivity contribution in [3.05, 3.63) is 27.2 Å². The van der Waals surface area contributed by atoms with Crippen LogP contribution in [0.15, 0.2) is 16.6 Å². The molecule has 0 bridgehead atoms. The maximum absolute atomic E-state index is 11.1. The van der Waals surface area contributed by atoms with Crippen LogP contribution >= 0.6 is 27.5 Å². The third-order valence-corrected chi connectivity index (χ3v) is 3.12. The Morgan fingerprint density at radius 2 is 2.18 bits per heavy atom. The first kappa shape index (κ1) is 14.3. The van der Waals surface area contributed by atoms with E-state index in [9.17, 15) is 4.79 Å². The molecule has 5 heteroatoms. The Labute approximate surface area is 114 Å². The first-order chi connectivity index (χ1) is 8.06. The number of carboxylic acids is 1. The van der Waals surface area contributed by atoms with Crippen LogP contribution in [0.3, 0.4) is 0 Å². The fourth-order valence-corrected chi connectivity index (χ4v) is 2.39. The van der Waals surface area contributed by atoms with E-state index >= 15 is 0 Å². The molecule has 1 aromatic carbocycles. The molecule has 0 aliphatic rings. The quantitative estimate of drug-likeness (QED) is 0.764. The van der Waals surface area contributed by atoms with Gasteiger partial charge in [-0.05, 0) is 18.6 Å². The molecule has 0 aliphatic heterocycles. The summed E-state index contributed by atoms with van der Waals surface area (Å²) >= 11 is 9.27. The molecule has 0 saturated heterocycles. The van der Waals surface area contributed by atoms with E-state index in [1.54, 1.807) is 12.1 Å². The standard InChI is InChI=1S/C12H15BrClNO2/c1-2-3-4-5-15-11-9(12(16)17)6-8(13)7-10(11)14/h6-7,15H,2-5H2,1H3,(H,16,17). The number of hydrogen-bond acceptors (Lipinski definition) is 2. The molecule has 0 fully saturated rings. The van der Waals surface area contributed by atoms with Gasteiger partial charge in [-0.25, -0.2) is 4.79 Å². The van der Waals surface area contributed by atoms with Crippen LogP contribution in [0.2, 0.25) is 5.02 Å². The molecule has 0 heterocycles. The van der Waals surface area contributed by atoms with E-state index in [0.29, 0.717) is 15.2 Å². The summed E-state index contributed by atoms with van der Waals surface area (Å²) in [5, 5.41) is 12.6. The first-order valence-electron chi connectivity index (χ1n) is 5.52. The number of unbranched alkanes of at least 4 members (excludes halogenated alkanes) is 2. The number of halogens is 2. The maximum atomic E-state index is 11.1. The summed E-state index contributed by atoms with van der Waals surface area (Å²) in [6, 6.07) is 3.24. The zero-order valence-corrected chi connectivity index (χ0v) is 11.9. The van der Waals surface area contributed by atoms with Crippen LogP contribution in [-0.4, -0.2) is 17.6 Å². The molecule has 0 radical (unpaired) electrons. The number of carboxylic acid groups (broad SMARTS) is 1. The second kappa shape index (κ2) is 6.87. The Balaban J connectivity index is 2.85. The van der Waals surface area contributed by atoms with Crippen LogP contribution in [0.4, 0.5) is 5.69 Å². The molecule has 0 unspecified atom stereocenters. The highest BCUT2D eigenvalue weighted by Gasteiger charge is 2.14. The van der Waals surface area contributed by atoms with Gasteiger partial charge in [-0.1, -0.05) is 47.3 Å². The van der Waals surface area contributed by atoms with Crippen LogP contribution in [0, 0.1) is 0 Å². The van der Waals surface area contributed by atoms with Gasteiger partial charge in [0.25, 0.3) is 0 Å². The molecule has 1 aromatic rings. The molecule has 0 aliphatic carbocycles. The van der Waals surface area contributed by atoms with E-state index in [1.807, 2.05) is 0 Å². The van der Waals surface area contributed by atoms with E-state index in [2.05, 4.69) is 28.2 Å². The Kier molecular flexibility index (Phi) is 5.78. The lowest BCUT2D eigenvalue weighted by molar-refractivity contribution is 0.0698. The van der Waals surface area contributed by atoms with Crippen LogP contribution < -0.4 is 5.32 Å². The monoisotopic (exact) mass is 319 g/mol. The summed E-state index contributed by atoms with van der Waals surface area (Å²) in [6.45, 7) is 2.85. The van der Waals surface area contributed by atoms with Crippen LogP contribution in [-0.2, 0) is 0 Å². The molecule has 0 spiro atoms. The zero-order valence-electron chi connectivity index (χ0n) is 9.59. The van der Waals surface area contributed by atoms with E-state index < -0.39 is 5.97 Å². The van der Waals surface area contributed by atoms with Gasteiger partial charge in [-0.2, -0.15) is 0 Å². The molecule has 0 aromatic heterocycles. The predicted octanol–water partition coefficient (Wildman–Crippen LogP) is 4.40. The second-order valence-electron chi connectivity index (χ2n) is 3.75. The molecule has 0 saturated carbocycles. The normalized spacial score (nSPS) is 10.3. The lowest BCUT2D eigenvalue weighted by Crippen LogP contribution is -2.08. The summed E-state index contributed by atoms with van der Waals surface area (Å²) < 4.78 is 0.666. The van der Waals surface area contributed by atoms with Gasteiger partial charge >= 0.3 is 5.97 Å². The van der Waals surface area contributed by atoms with Crippen molar-refractivity contribution < 1.29 is 9.90 Å². The van der Waals surface area contributed by atoms with Crippen LogP contribution in [0.5, 0.6) is 0 Å². The van der Waals surface area contributed by atoms with E-state index in [-0.39, 0.29) is 5.56 Å². The SMILES string of the molecule is CCCCCNc1c(Cl)cc(Br)cc1C(=O)O. The van der Waals surface area contributed by atoms with Gasteiger partial charge in [0.15, 0.2) is 0 Å². The van der Waals surface area contributed by atoms with Gasteiger partial charge in [0.2, 0.25) is 0 Å². The Morgan fingerprint density at radius 1 is 1.47 bits per heavy atom. The summed E-state index contributed by atoms with van der Waals surface area (Å²) in [4.78, 5) is 11.1. The fraction of sp³-hybridized carbons (Fsp3) is 0.417. The Hall–Kier alpha value is -0.740. The number of hydrogen-bond donors (Lipinski definition) is 2. The number of aromatic carboxylic acids is 1. The summed E-state index contributed by atoms with van der Waals surface area (Å²) in [6.07, 6.45) is 3.24. The van der Waals surface area contributed by atoms with Gasteiger partial charge < -0.3 is 10.4 Å². The highest BCUT2D eigenvalue weighted by molar-refractivity contribution is 9.10. The summed E-state index contributed by atoms with van der Waals surface area (Å²) in [7, 11) is 0. The zero-order chi connectivity index (χ0) is 12.8. The highest BCUT2D eigenvalue weighted by atomic mass is 79.9. The van der Waals surface area contributed by atoms with Crippen LogP contribution in [0.25, 0.3) is 0 Å². The molecule has 94 valence electrons. The molecule has 3 nitrogen and oxygen atoms in total. The van der Waals surface area contributed by atoms with Gasteiger partial charge in [0, 0.05) is 11.0 Å². The van der Waals surface area contributed by atoms with Gasteiger partial charge in [-0.3, -0.25) is 0 Å². The minimum absolute atomic E-state index is 0.195. The van der Waals surface area contributed by atoms with Crippen molar-refractivity contribution in [2.75, 3.05) is 11.9 Å². The van der Waals surface area contributed by atoms with Crippen molar-refractivity contribution in [3.63, 3.8) is 0 Å². The summed E-state index contributed by atoms with van der Waals surface area (Å²) in [5.74, 6) is -0.980. The lowest BCUT2D eigenvalue weighted by atomic mass is 10.1. The fourth-order valence-electron chi connectivity index (χ4n) is 1.51. The van der Waals surface area contributed by atoms with Crippen molar-refractivity contribution in [1.82, 2.24) is 0 Å². The average molecular weight is 321 g/mol. The van der Waals surface area contributed by atoms with Crippen LogP contribution in [0.1, 0.15) is 36.5 Å². The van der Waals surface area contributed by atoms with Crippen molar-refractivity contribution in [3.8, 4) is 0 Å². The molecule has 1 rings (SSSR count). The minimum atomic E-state index is -0.980. The number of nitrogens with one attached hydrogen (secondary N) is 1. The van der Waals surface area contributed by atoms with E-state index in [4.69, 9.17) is 16.7 Å². The van der Waals surface area contributed by atoms with Gasteiger partial charge in [0.1, 0.15) is 0 Å². The van der Waals surface area contributed by atoms with Crippen molar-refractivity contribution >= 4 is 39.2 Å². The average Bonchev–Trinajstić information content (AvgIpc) is 2.25. The number of anilines is 1. The third-order valence-electron chi connectivity index (χ3n) is 2.37. The maximum Gasteiger partial charge on any atom is 0.337 e. The highest BCUT2D eigenvalue weighted by Crippen LogP contribution is 2.30. The van der Waals surface area contributed by atoms with Crippen molar-refractivity contribution in [2.45, 2.75) is 26.2 Å². The summed E-state index contributed by atoms with van der Waals surface area (Å²) in [5.41, 5.74) is 0.694. The number of carbonyl (C=O) groups is 1. The molecule has 17 heavy (non-hydrogen) atoms. The largest absolute Gasteiger partial charge is 0.478 e. The lowest BCUT2D eigenvalue weighted by Gasteiger charge is -2.12. The van der Waals surface area contributed by atoms with Crippen molar-refractivity contribution in [2.24, 2.45) is 0 Å².